The summed E-state index contributed by atoms with van der Waals surface area (Å²) in [5, 5.41) is 0. The molecule has 0 atom stereocenters. The van der Waals surface area contributed by atoms with E-state index in [0.717, 1.165) is 11.3 Å². The Morgan fingerprint density at radius 1 is 0.941 bits per heavy atom. The Labute approximate surface area is 104 Å². The molecule has 0 saturated carbocycles. The van der Waals surface area contributed by atoms with Crippen molar-refractivity contribution in [3.63, 3.8) is 0 Å². The Hall–Kier alpha value is -1.31. The summed E-state index contributed by atoms with van der Waals surface area (Å²) in [7, 11) is 0. The van der Waals surface area contributed by atoms with Gasteiger partial charge in [0.25, 0.3) is 0 Å². The van der Waals surface area contributed by atoms with Crippen LogP contribution >= 0.6 is 0 Å². The van der Waals surface area contributed by atoms with Crippen LogP contribution in [-0.4, -0.2) is 9.55 Å². The van der Waals surface area contributed by atoms with Crippen molar-refractivity contribution in [3.05, 3.63) is 30.1 Å². The molecular formula is C15H22N2. The quantitative estimate of drug-likeness (QED) is 0.666. The molecule has 0 bridgehead atoms. The van der Waals surface area contributed by atoms with Crippen LogP contribution in [0.15, 0.2) is 24.3 Å². The maximum atomic E-state index is 4.81. The van der Waals surface area contributed by atoms with Gasteiger partial charge in [0, 0.05) is 11.0 Å². The van der Waals surface area contributed by atoms with E-state index in [4.69, 9.17) is 4.98 Å². The minimum Gasteiger partial charge on any atom is -0.322 e. The molecule has 1 aromatic carbocycles. The first-order valence-electron chi connectivity index (χ1n) is 6.20. The third-order valence-corrected chi connectivity index (χ3v) is 2.90. The van der Waals surface area contributed by atoms with Gasteiger partial charge in [-0.15, -0.1) is 0 Å². The minimum atomic E-state index is 0.0543. The van der Waals surface area contributed by atoms with Crippen LogP contribution in [0.5, 0.6) is 0 Å². The van der Waals surface area contributed by atoms with Gasteiger partial charge in [0.15, 0.2) is 0 Å². The molecule has 0 N–H and O–H groups in total. The summed E-state index contributed by atoms with van der Waals surface area (Å²) in [6.07, 6.45) is 0. The minimum absolute atomic E-state index is 0.0543. The maximum Gasteiger partial charge on any atom is 0.115 e. The highest BCUT2D eigenvalue weighted by atomic mass is 15.1. The average Bonchev–Trinajstić information content (AvgIpc) is 2.54. The maximum absolute atomic E-state index is 4.81. The largest absolute Gasteiger partial charge is 0.322 e. The number of hydrogen-bond acceptors (Lipinski definition) is 1. The average molecular weight is 230 g/mol. The fourth-order valence-corrected chi connectivity index (χ4v) is 2.21. The third kappa shape index (κ3) is 2.08. The van der Waals surface area contributed by atoms with E-state index in [1.807, 2.05) is 0 Å². The number of imidazole rings is 1. The van der Waals surface area contributed by atoms with Crippen molar-refractivity contribution in [2.24, 2.45) is 0 Å². The molecule has 0 unspecified atom stereocenters. The lowest BCUT2D eigenvalue weighted by Crippen LogP contribution is -2.29. The van der Waals surface area contributed by atoms with Gasteiger partial charge >= 0.3 is 0 Å². The van der Waals surface area contributed by atoms with Gasteiger partial charge in [0.1, 0.15) is 5.82 Å². The number of fused-ring (bicyclic) bond motifs is 1. The standard InChI is InChI=1S/C15H22N2/c1-14(2,3)13-16-11-9-7-8-10-12(11)17(13)15(4,5)6/h7-10H,1-6H3. The second-order valence-electron chi connectivity index (χ2n) is 6.68. The summed E-state index contributed by atoms with van der Waals surface area (Å²) in [5.74, 6) is 1.16. The van der Waals surface area contributed by atoms with Crippen LogP contribution in [0.2, 0.25) is 0 Å². The number of rotatable bonds is 0. The Kier molecular flexibility index (Phi) is 2.57. The lowest BCUT2D eigenvalue weighted by molar-refractivity contribution is 0.364. The summed E-state index contributed by atoms with van der Waals surface area (Å²) in [4.78, 5) is 4.81. The van der Waals surface area contributed by atoms with Crippen LogP contribution in [0.4, 0.5) is 0 Å². The van der Waals surface area contributed by atoms with Crippen LogP contribution in [0.3, 0.4) is 0 Å². The summed E-state index contributed by atoms with van der Waals surface area (Å²) >= 11 is 0. The monoisotopic (exact) mass is 230 g/mol. The second kappa shape index (κ2) is 3.59. The molecule has 0 spiro atoms. The van der Waals surface area contributed by atoms with Crippen molar-refractivity contribution >= 4 is 11.0 Å². The van der Waals surface area contributed by atoms with E-state index in [1.54, 1.807) is 0 Å². The zero-order valence-corrected chi connectivity index (χ0v) is 11.7. The zero-order chi connectivity index (χ0) is 12.8. The van der Waals surface area contributed by atoms with Gasteiger partial charge in [0.05, 0.1) is 11.0 Å². The van der Waals surface area contributed by atoms with Crippen molar-refractivity contribution in [2.75, 3.05) is 0 Å². The molecule has 0 aliphatic heterocycles. The van der Waals surface area contributed by atoms with Crippen molar-refractivity contribution in [3.8, 4) is 0 Å². The molecule has 0 amide bonds. The van der Waals surface area contributed by atoms with Crippen LogP contribution < -0.4 is 0 Å². The molecule has 2 aromatic rings. The van der Waals surface area contributed by atoms with Gasteiger partial charge in [-0.3, -0.25) is 0 Å². The number of para-hydroxylation sites is 2. The first kappa shape index (κ1) is 12.2. The highest BCUT2D eigenvalue weighted by Gasteiger charge is 2.28. The molecular weight excluding hydrogens is 208 g/mol. The third-order valence-electron chi connectivity index (χ3n) is 2.90. The Balaban J connectivity index is 2.84. The fraction of sp³-hybridized carbons (Fsp3) is 0.533. The second-order valence-corrected chi connectivity index (χ2v) is 6.68. The lowest BCUT2D eigenvalue weighted by Gasteiger charge is -2.29. The van der Waals surface area contributed by atoms with Gasteiger partial charge < -0.3 is 4.57 Å². The zero-order valence-electron chi connectivity index (χ0n) is 11.7. The van der Waals surface area contributed by atoms with Gasteiger partial charge in [-0.2, -0.15) is 0 Å². The molecule has 1 heterocycles. The van der Waals surface area contributed by atoms with Gasteiger partial charge in [-0.25, -0.2) is 4.98 Å². The molecule has 2 rings (SSSR count). The van der Waals surface area contributed by atoms with E-state index in [0.29, 0.717) is 0 Å². The van der Waals surface area contributed by atoms with E-state index < -0.39 is 0 Å². The Morgan fingerprint density at radius 3 is 2.06 bits per heavy atom. The number of aromatic nitrogens is 2. The molecule has 0 aliphatic carbocycles. The first-order valence-corrected chi connectivity index (χ1v) is 6.20. The van der Waals surface area contributed by atoms with Crippen molar-refractivity contribution in [1.82, 2.24) is 9.55 Å². The van der Waals surface area contributed by atoms with Gasteiger partial charge in [-0.05, 0) is 32.9 Å². The lowest BCUT2D eigenvalue weighted by atomic mass is 9.94. The van der Waals surface area contributed by atoms with Crippen molar-refractivity contribution < 1.29 is 0 Å². The molecule has 92 valence electrons. The SMILES string of the molecule is CC(C)(C)c1nc2ccccc2n1C(C)(C)C. The van der Waals surface area contributed by atoms with Crippen molar-refractivity contribution in [2.45, 2.75) is 52.5 Å². The Bertz CT molecular complexity index is 536. The van der Waals surface area contributed by atoms with Crippen LogP contribution in [0.1, 0.15) is 47.4 Å². The van der Waals surface area contributed by atoms with Crippen molar-refractivity contribution in [1.29, 1.82) is 0 Å². The number of hydrogen-bond donors (Lipinski definition) is 0. The molecule has 17 heavy (non-hydrogen) atoms. The fourth-order valence-electron chi connectivity index (χ4n) is 2.21. The molecule has 0 radical (unpaired) electrons. The predicted molar refractivity (Wildman–Crippen MR) is 73.4 cm³/mol. The van der Waals surface area contributed by atoms with E-state index in [2.05, 4.69) is 70.4 Å². The van der Waals surface area contributed by atoms with E-state index >= 15 is 0 Å². The molecule has 1 aromatic heterocycles. The summed E-state index contributed by atoms with van der Waals surface area (Å²) in [5.41, 5.74) is 2.43. The molecule has 0 saturated heterocycles. The summed E-state index contributed by atoms with van der Waals surface area (Å²) in [6.45, 7) is 13.4. The smallest absolute Gasteiger partial charge is 0.115 e. The topological polar surface area (TPSA) is 17.8 Å². The van der Waals surface area contributed by atoms with E-state index in [1.165, 1.54) is 5.52 Å². The summed E-state index contributed by atoms with van der Waals surface area (Å²) in [6, 6.07) is 8.38. The molecule has 0 aliphatic rings. The Morgan fingerprint density at radius 2 is 1.53 bits per heavy atom. The summed E-state index contributed by atoms with van der Waals surface area (Å²) < 4.78 is 2.36. The first-order chi connectivity index (χ1) is 7.71. The van der Waals surface area contributed by atoms with E-state index in [9.17, 15) is 0 Å². The van der Waals surface area contributed by atoms with Gasteiger partial charge in [0.2, 0.25) is 0 Å². The number of benzene rings is 1. The highest BCUT2D eigenvalue weighted by molar-refractivity contribution is 5.76. The highest BCUT2D eigenvalue weighted by Crippen LogP contribution is 2.31. The molecule has 2 nitrogen and oxygen atoms in total. The molecule has 2 heteroatoms. The predicted octanol–water partition coefficient (Wildman–Crippen LogP) is 4.09. The molecule has 0 fully saturated rings. The van der Waals surface area contributed by atoms with E-state index in [-0.39, 0.29) is 11.0 Å². The van der Waals surface area contributed by atoms with Crippen LogP contribution in [0.25, 0.3) is 11.0 Å². The van der Waals surface area contributed by atoms with Crippen LogP contribution in [-0.2, 0) is 11.0 Å². The normalized spacial score (nSPS) is 13.3. The van der Waals surface area contributed by atoms with Crippen LogP contribution in [0, 0.1) is 0 Å². The number of nitrogens with zero attached hydrogens (tertiary/aromatic N) is 2. The van der Waals surface area contributed by atoms with Gasteiger partial charge in [-0.1, -0.05) is 32.9 Å².